The van der Waals surface area contributed by atoms with Crippen molar-refractivity contribution >= 4 is 12.4 Å². The molecule has 0 saturated heterocycles. The molecule has 0 aliphatic rings. The van der Waals surface area contributed by atoms with Crippen molar-refractivity contribution in [3.05, 3.63) is 29.6 Å². The molecule has 3 nitrogen and oxygen atoms in total. The standard InChI is InChI=1S/C9H12FNO2.ClH/c10-7-3-1-2-6(9(7)13)8(11)4-5-12;/h1-3,8,12-13H,4-5,11H2;1H/t8-;/m1./s1. The van der Waals surface area contributed by atoms with Crippen LogP contribution >= 0.6 is 12.4 Å². The molecule has 0 aromatic heterocycles. The van der Waals surface area contributed by atoms with E-state index in [2.05, 4.69) is 0 Å². The first-order chi connectivity index (χ1) is 6.16. The Morgan fingerprint density at radius 3 is 2.64 bits per heavy atom. The van der Waals surface area contributed by atoms with Crippen molar-refractivity contribution in [2.24, 2.45) is 5.73 Å². The predicted molar refractivity (Wildman–Crippen MR) is 53.9 cm³/mol. The maximum absolute atomic E-state index is 12.8. The quantitative estimate of drug-likeness (QED) is 0.722. The lowest BCUT2D eigenvalue weighted by Gasteiger charge is -2.11. The summed E-state index contributed by atoms with van der Waals surface area (Å²) in [6.07, 6.45) is 0.303. The van der Waals surface area contributed by atoms with Gasteiger partial charge in [0.15, 0.2) is 11.6 Å². The third-order valence-electron chi connectivity index (χ3n) is 1.86. The van der Waals surface area contributed by atoms with E-state index >= 15 is 0 Å². The highest BCUT2D eigenvalue weighted by molar-refractivity contribution is 5.85. The highest BCUT2D eigenvalue weighted by atomic mass is 35.5. The van der Waals surface area contributed by atoms with Gasteiger partial charge in [-0.1, -0.05) is 12.1 Å². The fraction of sp³-hybridized carbons (Fsp3) is 0.333. The Bertz CT molecular complexity index is 296. The summed E-state index contributed by atoms with van der Waals surface area (Å²) in [4.78, 5) is 0. The summed E-state index contributed by atoms with van der Waals surface area (Å²) in [7, 11) is 0. The number of hydrogen-bond acceptors (Lipinski definition) is 3. The number of benzene rings is 1. The highest BCUT2D eigenvalue weighted by Gasteiger charge is 2.12. The summed E-state index contributed by atoms with van der Waals surface area (Å²) in [6.45, 7) is -0.0862. The molecule has 0 unspecified atom stereocenters. The van der Waals surface area contributed by atoms with Crippen molar-refractivity contribution in [2.75, 3.05) is 6.61 Å². The van der Waals surface area contributed by atoms with Crippen LogP contribution in [0.5, 0.6) is 5.75 Å². The fourth-order valence-electron chi connectivity index (χ4n) is 1.13. The zero-order valence-electron chi connectivity index (χ0n) is 7.48. The number of phenols is 1. The second-order valence-electron chi connectivity index (χ2n) is 2.80. The Morgan fingerprint density at radius 1 is 1.43 bits per heavy atom. The number of halogens is 2. The first-order valence-electron chi connectivity index (χ1n) is 4.00. The minimum atomic E-state index is -0.689. The second-order valence-corrected chi connectivity index (χ2v) is 2.80. The summed E-state index contributed by atoms with van der Waals surface area (Å²) in [6, 6.07) is 3.64. The zero-order chi connectivity index (χ0) is 9.84. The van der Waals surface area contributed by atoms with Crippen LogP contribution in [0, 0.1) is 5.82 Å². The molecule has 0 fully saturated rings. The van der Waals surface area contributed by atoms with Gasteiger partial charge in [0, 0.05) is 18.2 Å². The van der Waals surface area contributed by atoms with Gasteiger partial charge in [0.2, 0.25) is 0 Å². The average molecular weight is 222 g/mol. The van der Waals surface area contributed by atoms with Crippen LogP contribution in [-0.2, 0) is 0 Å². The molecule has 0 radical (unpaired) electrons. The SMILES string of the molecule is Cl.N[C@H](CCO)c1cccc(F)c1O. The lowest BCUT2D eigenvalue weighted by atomic mass is 10.0. The Hall–Kier alpha value is -0.840. The molecular formula is C9H13ClFNO2. The van der Waals surface area contributed by atoms with Gasteiger partial charge in [-0.05, 0) is 12.5 Å². The Balaban J connectivity index is 0.00000169. The van der Waals surface area contributed by atoms with Gasteiger partial charge in [0.05, 0.1) is 0 Å². The van der Waals surface area contributed by atoms with Crippen molar-refractivity contribution in [3.8, 4) is 5.75 Å². The highest BCUT2D eigenvalue weighted by Crippen LogP contribution is 2.26. The number of aromatic hydroxyl groups is 1. The molecule has 1 atom stereocenters. The maximum atomic E-state index is 12.8. The smallest absolute Gasteiger partial charge is 0.165 e. The fourth-order valence-corrected chi connectivity index (χ4v) is 1.13. The topological polar surface area (TPSA) is 66.5 Å². The van der Waals surface area contributed by atoms with Gasteiger partial charge < -0.3 is 15.9 Å². The molecule has 1 aromatic rings. The van der Waals surface area contributed by atoms with E-state index in [9.17, 15) is 9.50 Å². The minimum Gasteiger partial charge on any atom is -0.505 e. The largest absolute Gasteiger partial charge is 0.505 e. The summed E-state index contributed by atoms with van der Waals surface area (Å²) in [5.41, 5.74) is 5.92. The Morgan fingerprint density at radius 2 is 2.07 bits per heavy atom. The first kappa shape index (κ1) is 13.2. The van der Waals surface area contributed by atoms with Gasteiger partial charge in [0.25, 0.3) is 0 Å². The molecule has 0 amide bonds. The van der Waals surface area contributed by atoms with E-state index in [1.807, 2.05) is 0 Å². The van der Waals surface area contributed by atoms with E-state index in [0.717, 1.165) is 6.07 Å². The van der Waals surface area contributed by atoms with E-state index in [0.29, 0.717) is 12.0 Å². The van der Waals surface area contributed by atoms with E-state index in [4.69, 9.17) is 10.8 Å². The van der Waals surface area contributed by atoms with Crippen LogP contribution in [0.15, 0.2) is 18.2 Å². The Labute approximate surface area is 87.8 Å². The lowest BCUT2D eigenvalue weighted by molar-refractivity contribution is 0.275. The van der Waals surface area contributed by atoms with Gasteiger partial charge >= 0.3 is 0 Å². The zero-order valence-corrected chi connectivity index (χ0v) is 8.30. The van der Waals surface area contributed by atoms with Crippen molar-refractivity contribution < 1.29 is 14.6 Å². The molecular weight excluding hydrogens is 209 g/mol. The number of rotatable bonds is 3. The summed E-state index contributed by atoms with van der Waals surface area (Å²) in [5.74, 6) is -1.12. The lowest BCUT2D eigenvalue weighted by Crippen LogP contribution is -2.12. The molecule has 0 spiro atoms. The summed E-state index contributed by atoms with van der Waals surface area (Å²) < 4.78 is 12.8. The van der Waals surface area contributed by atoms with Crippen LogP contribution in [-0.4, -0.2) is 16.8 Å². The van der Waals surface area contributed by atoms with Crippen LogP contribution in [0.4, 0.5) is 4.39 Å². The number of aliphatic hydroxyl groups is 1. The third-order valence-corrected chi connectivity index (χ3v) is 1.86. The molecule has 80 valence electrons. The van der Waals surface area contributed by atoms with Gasteiger partial charge in [-0.3, -0.25) is 0 Å². The molecule has 5 heteroatoms. The van der Waals surface area contributed by atoms with Crippen LogP contribution in [0.25, 0.3) is 0 Å². The molecule has 0 heterocycles. The van der Waals surface area contributed by atoms with Crippen molar-refractivity contribution in [1.82, 2.24) is 0 Å². The van der Waals surface area contributed by atoms with Crippen molar-refractivity contribution in [2.45, 2.75) is 12.5 Å². The third kappa shape index (κ3) is 2.83. The minimum absolute atomic E-state index is 0. The van der Waals surface area contributed by atoms with E-state index < -0.39 is 17.6 Å². The molecule has 1 aromatic carbocycles. The van der Waals surface area contributed by atoms with E-state index in [1.165, 1.54) is 6.07 Å². The summed E-state index contributed by atoms with van der Waals surface area (Å²) in [5, 5.41) is 17.9. The van der Waals surface area contributed by atoms with Gasteiger partial charge in [-0.25, -0.2) is 4.39 Å². The molecule has 1 rings (SSSR count). The number of aliphatic hydroxyl groups excluding tert-OH is 1. The van der Waals surface area contributed by atoms with Crippen molar-refractivity contribution in [3.63, 3.8) is 0 Å². The second kappa shape index (κ2) is 5.80. The monoisotopic (exact) mass is 221 g/mol. The number of hydrogen-bond donors (Lipinski definition) is 3. The molecule has 0 aliphatic heterocycles. The van der Waals surface area contributed by atoms with Gasteiger partial charge in [0.1, 0.15) is 0 Å². The average Bonchev–Trinajstić information content (AvgIpc) is 2.10. The van der Waals surface area contributed by atoms with Crippen molar-refractivity contribution in [1.29, 1.82) is 0 Å². The maximum Gasteiger partial charge on any atom is 0.165 e. The molecule has 14 heavy (non-hydrogen) atoms. The van der Waals surface area contributed by atoms with Crippen LogP contribution in [0.1, 0.15) is 18.0 Å². The summed E-state index contributed by atoms with van der Waals surface area (Å²) >= 11 is 0. The van der Waals surface area contributed by atoms with Crippen LogP contribution in [0.3, 0.4) is 0 Å². The number of para-hydroxylation sites is 1. The molecule has 0 saturated carbocycles. The molecule has 4 N–H and O–H groups in total. The number of phenolic OH excluding ortho intramolecular Hbond substituents is 1. The van der Waals surface area contributed by atoms with Crippen LogP contribution in [0.2, 0.25) is 0 Å². The van der Waals surface area contributed by atoms with Gasteiger partial charge in [-0.15, -0.1) is 12.4 Å². The number of nitrogens with two attached hydrogens (primary N) is 1. The normalized spacial score (nSPS) is 11.9. The van der Waals surface area contributed by atoms with Gasteiger partial charge in [-0.2, -0.15) is 0 Å². The van der Waals surface area contributed by atoms with Crippen LogP contribution < -0.4 is 5.73 Å². The predicted octanol–water partition coefficient (Wildman–Crippen LogP) is 1.34. The first-order valence-corrected chi connectivity index (χ1v) is 4.00. The Kier molecular flexibility index (Phi) is 5.45. The van der Waals surface area contributed by atoms with E-state index in [1.54, 1.807) is 6.07 Å². The molecule has 0 aliphatic carbocycles. The van der Waals surface area contributed by atoms with E-state index in [-0.39, 0.29) is 19.0 Å². The molecule has 0 bridgehead atoms.